The molecule has 7 heteroatoms. The summed E-state index contributed by atoms with van der Waals surface area (Å²) in [5.41, 5.74) is -0.798. The summed E-state index contributed by atoms with van der Waals surface area (Å²) in [5, 5.41) is 20.1. The number of halogens is 1. The Labute approximate surface area is 152 Å². The molecule has 0 bridgehead atoms. The fraction of sp³-hybridized carbons (Fsp3) is 0.444. The highest BCUT2D eigenvalue weighted by atomic mass is 35.5. The van der Waals surface area contributed by atoms with E-state index in [1.54, 1.807) is 24.3 Å². The number of nitriles is 2. The van der Waals surface area contributed by atoms with E-state index < -0.39 is 22.9 Å². The van der Waals surface area contributed by atoms with E-state index in [2.05, 4.69) is 0 Å². The summed E-state index contributed by atoms with van der Waals surface area (Å²) >= 11 is 5.88. The summed E-state index contributed by atoms with van der Waals surface area (Å²) < 4.78 is 22.0. The summed E-state index contributed by atoms with van der Waals surface area (Å²) in [6.45, 7) is 0. The lowest BCUT2D eigenvalue weighted by Crippen LogP contribution is -2.83. The van der Waals surface area contributed by atoms with Crippen molar-refractivity contribution in [1.82, 2.24) is 0 Å². The van der Waals surface area contributed by atoms with Gasteiger partial charge in [-0.1, -0.05) is 35.9 Å². The molecule has 0 aliphatic heterocycles. The second-order valence-electron chi connectivity index (χ2n) is 5.52. The molecule has 2 rings (SSSR count). The quantitative estimate of drug-likeness (QED) is 0.723. The maximum Gasteiger partial charge on any atom is 0.257 e. The molecule has 132 valence electrons. The summed E-state index contributed by atoms with van der Waals surface area (Å²) in [5.74, 6) is -3.90. The van der Waals surface area contributed by atoms with Crippen LogP contribution in [0.5, 0.6) is 0 Å². The molecule has 1 fully saturated rings. The Morgan fingerprint density at radius 3 is 1.88 bits per heavy atom. The Bertz CT molecular complexity index is 711. The lowest BCUT2D eigenvalue weighted by molar-refractivity contribution is -0.489. The molecule has 1 aromatic carbocycles. The maximum absolute atomic E-state index is 9.77. The first kappa shape index (κ1) is 19.4. The Hall–Kier alpha value is -1.93. The van der Waals surface area contributed by atoms with E-state index in [0.29, 0.717) is 5.02 Å². The highest BCUT2D eigenvalue weighted by molar-refractivity contribution is 6.30. The molecule has 6 nitrogen and oxygen atoms in total. The first-order valence-corrected chi connectivity index (χ1v) is 7.82. The van der Waals surface area contributed by atoms with Crippen LogP contribution in [0.15, 0.2) is 30.3 Å². The van der Waals surface area contributed by atoms with Crippen molar-refractivity contribution in [2.75, 3.05) is 28.4 Å². The van der Waals surface area contributed by atoms with Gasteiger partial charge in [0.2, 0.25) is 11.2 Å². The van der Waals surface area contributed by atoms with Crippen LogP contribution in [0.25, 0.3) is 6.08 Å². The number of hydrogen-bond donors (Lipinski definition) is 0. The summed E-state index contributed by atoms with van der Waals surface area (Å²) in [4.78, 5) is 0. The highest BCUT2D eigenvalue weighted by Gasteiger charge is 2.85. The molecular weight excluding hydrogens is 344 g/mol. The maximum atomic E-state index is 9.77. The van der Waals surface area contributed by atoms with Crippen LogP contribution >= 0.6 is 11.6 Å². The normalized spacial score (nSPS) is 22.8. The lowest BCUT2D eigenvalue weighted by Gasteiger charge is -2.64. The number of nitrogens with zero attached hydrogens (tertiary/aromatic N) is 2. The van der Waals surface area contributed by atoms with Gasteiger partial charge in [0.05, 0.1) is 18.1 Å². The van der Waals surface area contributed by atoms with Crippen molar-refractivity contribution in [2.45, 2.75) is 11.6 Å². The average Bonchev–Trinajstić information content (AvgIpc) is 2.64. The van der Waals surface area contributed by atoms with Gasteiger partial charge in [-0.3, -0.25) is 0 Å². The smallest absolute Gasteiger partial charge is 0.257 e. The van der Waals surface area contributed by atoms with E-state index >= 15 is 0 Å². The Morgan fingerprint density at radius 2 is 1.48 bits per heavy atom. The number of rotatable bonds is 6. The first-order chi connectivity index (χ1) is 12.0. The minimum atomic E-state index is -1.69. The summed E-state index contributed by atoms with van der Waals surface area (Å²) in [6, 6.07) is 11.2. The Morgan fingerprint density at radius 1 is 0.960 bits per heavy atom. The fourth-order valence-corrected chi connectivity index (χ4v) is 3.68. The average molecular weight is 363 g/mol. The number of methoxy groups -OCH3 is 4. The predicted octanol–water partition coefficient (Wildman–Crippen LogP) is 2.99. The van der Waals surface area contributed by atoms with Crippen LogP contribution in [-0.4, -0.2) is 40.0 Å². The van der Waals surface area contributed by atoms with E-state index in [1.165, 1.54) is 28.4 Å². The van der Waals surface area contributed by atoms with Gasteiger partial charge in [-0.2, -0.15) is 10.5 Å². The zero-order chi connectivity index (χ0) is 18.7. The third kappa shape index (κ3) is 2.38. The van der Waals surface area contributed by atoms with Crippen molar-refractivity contribution < 1.29 is 18.9 Å². The van der Waals surface area contributed by atoms with Crippen LogP contribution in [0.3, 0.4) is 0 Å². The van der Waals surface area contributed by atoms with Crippen molar-refractivity contribution in [1.29, 1.82) is 10.5 Å². The standard InChI is InChI=1S/C18H19ClN2O4/c1-22-17(23-2)15(10-7-13-5-8-14(19)9-6-13)16(11-20,12-21)18(17,24-3)25-4/h5-10,15H,1-4H3/b10-7-/t15-/m1/s1. The van der Waals surface area contributed by atoms with Crippen LogP contribution in [0, 0.1) is 34.0 Å². The summed E-state index contributed by atoms with van der Waals surface area (Å²) in [6.07, 6.45) is 3.46. The third-order valence-electron chi connectivity index (χ3n) is 4.74. The number of hydrogen-bond acceptors (Lipinski definition) is 6. The Balaban J connectivity index is 2.55. The van der Waals surface area contributed by atoms with Gasteiger partial charge in [-0.25, -0.2) is 0 Å². The lowest BCUT2D eigenvalue weighted by atomic mass is 9.51. The molecule has 0 amide bonds. The SMILES string of the molecule is COC1(OC)[C@H](/C=C\c2ccc(Cl)cc2)C(C#N)(C#N)C1(OC)OC. The molecule has 0 radical (unpaired) electrons. The van der Waals surface area contributed by atoms with E-state index in [1.807, 2.05) is 24.3 Å². The fourth-order valence-electron chi connectivity index (χ4n) is 3.55. The van der Waals surface area contributed by atoms with Crippen LogP contribution < -0.4 is 0 Å². The molecule has 1 aliphatic rings. The zero-order valence-electron chi connectivity index (χ0n) is 14.4. The van der Waals surface area contributed by atoms with Gasteiger partial charge in [0.15, 0.2) is 0 Å². The van der Waals surface area contributed by atoms with E-state index in [0.717, 1.165) is 5.56 Å². The van der Waals surface area contributed by atoms with Crippen LogP contribution in [0.4, 0.5) is 0 Å². The number of benzene rings is 1. The van der Waals surface area contributed by atoms with Crippen molar-refractivity contribution >= 4 is 17.7 Å². The minimum absolute atomic E-state index is 0.616. The second-order valence-corrected chi connectivity index (χ2v) is 5.96. The molecule has 1 saturated carbocycles. The summed E-state index contributed by atoms with van der Waals surface area (Å²) in [7, 11) is 5.52. The highest BCUT2D eigenvalue weighted by Crippen LogP contribution is 2.65. The van der Waals surface area contributed by atoms with Gasteiger partial charge < -0.3 is 18.9 Å². The molecule has 0 unspecified atom stereocenters. The molecule has 1 aromatic rings. The molecule has 0 spiro atoms. The third-order valence-corrected chi connectivity index (χ3v) is 4.99. The molecule has 0 saturated heterocycles. The van der Waals surface area contributed by atoms with E-state index in [9.17, 15) is 10.5 Å². The van der Waals surface area contributed by atoms with Crippen LogP contribution in [-0.2, 0) is 18.9 Å². The zero-order valence-corrected chi connectivity index (χ0v) is 15.2. The first-order valence-electron chi connectivity index (χ1n) is 7.44. The second kappa shape index (κ2) is 7.13. The van der Waals surface area contributed by atoms with Crippen molar-refractivity contribution in [3.8, 4) is 12.1 Å². The van der Waals surface area contributed by atoms with Gasteiger partial charge in [-0.15, -0.1) is 0 Å². The molecule has 1 aliphatic carbocycles. The molecule has 25 heavy (non-hydrogen) atoms. The van der Waals surface area contributed by atoms with E-state index in [-0.39, 0.29) is 0 Å². The van der Waals surface area contributed by atoms with Crippen LogP contribution in [0.1, 0.15) is 5.56 Å². The largest absolute Gasteiger partial charge is 0.348 e. The molecule has 0 heterocycles. The van der Waals surface area contributed by atoms with Crippen molar-refractivity contribution in [3.05, 3.63) is 40.9 Å². The topological polar surface area (TPSA) is 84.5 Å². The van der Waals surface area contributed by atoms with Gasteiger partial charge >= 0.3 is 0 Å². The van der Waals surface area contributed by atoms with E-state index in [4.69, 9.17) is 30.5 Å². The van der Waals surface area contributed by atoms with Crippen LogP contribution in [0.2, 0.25) is 5.02 Å². The molecule has 1 atom stereocenters. The Kier molecular flexibility index (Phi) is 5.53. The monoisotopic (exact) mass is 362 g/mol. The predicted molar refractivity (Wildman–Crippen MR) is 91.1 cm³/mol. The molecule has 0 N–H and O–H groups in total. The van der Waals surface area contributed by atoms with Gasteiger partial charge in [0, 0.05) is 33.5 Å². The van der Waals surface area contributed by atoms with Gasteiger partial charge in [-0.05, 0) is 17.7 Å². The minimum Gasteiger partial charge on any atom is -0.348 e. The van der Waals surface area contributed by atoms with Gasteiger partial charge in [0.1, 0.15) is 0 Å². The van der Waals surface area contributed by atoms with Crippen molar-refractivity contribution in [2.24, 2.45) is 11.3 Å². The molecular formula is C18H19ClN2O4. The van der Waals surface area contributed by atoms with Gasteiger partial charge in [0.25, 0.3) is 5.79 Å². The number of ether oxygens (including phenoxy) is 4. The molecule has 0 aromatic heterocycles. The van der Waals surface area contributed by atoms with Crippen molar-refractivity contribution in [3.63, 3.8) is 0 Å².